The van der Waals surface area contributed by atoms with E-state index in [4.69, 9.17) is 10.6 Å². The Morgan fingerprint density at radius 2 is 2.30 bits per heavy atom. The molecule has 3 nitrogen and oxygen atoms in total. The molecule has 10 heavy (non-hydrogen) atoms. The van der Waals surface area contributed by atoms with E-state index < -0.39 is 0 Å². The molecule has 0 spiro atoms. The van der Waals surface area contributed by atoms with Crippen molar-refractivity contribution < 1.29 is 4.84 Å². The zero-order chi connectivity index (χ0) is 7.56. The normalized spacial score (nSPS) is 28.2. The van der Waals surface area contributed by atoms with E-state index in [1.165, 1.54) is 0 Å². The number of nitrogens with zero attached hydrogens (tertiary/aromatic N) is 1. The summed E-state index contributed by atoms with van der Waals surface area (Å²) in [5, 5.41) is 1.95. The van der Waals surface area contributed by atoms with Gasteiger partial charge in [0.25, 0.3) is 0 Å². The molecule has 0 aromatic rings. The summed E-state index contributed by atoms with van der Waals surface area (Å²) in [4.78, 5) is 5.43. The lowest BCUT2D eigenvalue weighted by Crippen LogP contribution is -2.28. The third-order valence-corrected chi connectivity index (χ3v) is 1.55. The average molecular weight is 144 g/mol. The molecule has 0 aromatic heterocycles. The van der Waals surface area contributed by atoms with Gasteiger partial charge >= 0.3 is 0 Å². The van der Waals surface area contributed by atoms with E-state index in [9.17, 15) is 0 Å². The Labute approximate surface area is 62.1 Å². The van der Waals surface area contributed by atoms with Crippen molar-refractivity contribution in [1.82, 2.24) is 5.06 Å². The largest absolute Gasteiger partial charge is 0.326 e. The summed E-state index contributed by atoms with van der Waals surface area (Å²) in [6, 6.07) is 0.318. The van der Waals surface area contributed by atoms with Gasteiger partial charge in [0, 0.05) is 19.1 Å². The van der Waals surface area contributed by atoms with Crippen LogP contribution in [0.2, 0.25) is 0 Å². The van der Waals surface area contributed by atoms with Crippen LogP contribution in [-0.2, 0) is 4.84 Å². The standard InChI is InChI=1S/C7H16N2O/c1-6(2)10-9-4-3-7(8)5-9/h6-7H,3-5,8H2,1-2H3. The molecular weight excluding hydrogens is 128 g/mol. The summed E-state index contributed by atoms with van der Waals surface area (Å²) in [6.45, 7) is 5.94. The Balaban J connectivity index is 2.18. The van der Waals surface area contributed by atoms with Crippen LogP contribution in [0.15, 0.2) is 0 Å². The SMILES string of the molecule is CC(C)ON1CCC(N)C1. The minimum absolute atomic E-state index is 0.283. The molecule has 1 aliphatic heterocycles. The number of hydroxylamine groups is 2. The van der Waals surface area contributed by atoms with E-state index in [-0.39, 0.29) is 6.10 Å². The highest BCUT2D eigenvalue weighted by Crippen LogP contribution is 2.08. The summed E-state index contributed by atoms with van der Waals surface area (Å²) in [7, 11) is 0. The van der Waals surface area contributed by atoms with E-state index in [1.54, 1.807) is 0 Å². The zero-order valence-corrected chi connectivity index (χ0v) is 6.71. The smallest absolute Gasteiger partial charge is 0.0737 e. The van der Waals surface area contributed by atoms with Gasteiger partial charge in [-0.25, -0.2) is 0 Å². The van der Waals surface area contributed by atoms with Gasteiger partial charge in [0.1, 0.15) is 0 Å². The second-order valence-corrected chi connectivity index (χ2v) is 3.09. The monoisotopic (exact) mass is 144 g/mol. The average Bonchev–Trinajstić information content (AvgIpc) is 2.13. The molecule has 1 atom stereocenters. The van der Waals surface area contributed by atoms with Gasteiger partial charge in [-0.1, -0.05) is 0 Å². The lowest BCUT2D eigenvalue weighted by molar-refractivity contribution is -0.173. The fourth-order valence-corrected chi connectivity index (χ4v) is 1.15. The summed E-state index contributed by atoms with van der Waals surface area (Å²) in [5.41, 5.74) is 5.68. The third kappa shape index (κ3) is 2.25. The second kappa shape index (κ2) is 3.32. The molecule has 1 heterocycles. The molecule has 0 aromatic carbocycles. The maximum Gasteiger partial charge on any atom is 0.0737 e. The lowest BCUT2D eigenvalue weighted by Gasteiger charge is -2.17. The molecule has 1 rings (SSSR count). The van der Waals surface area contributed by atoms with Crippen molar-refractivity contribution in [2.75, 3.05) is 13.1 Å². The molecule has 0 saturated carbocycles. The molecule has 2 N–H and O–H groups in total. The molecule has 1 saturated heterocycles. The highest BCUT2D eigenvalue weighted by atomic mass is 16.7. The number of nitrogens with two attached hydrogens (primary N) is 1. The van der Waals surface area contributed by atoms with Gasteiger partial charge in [0.05, 0.1) is 6.10 Å². The van der Waals surface area contributed by atoms with Crippen LogP contribution in [0, 0.1) is 0 Å². The van der Waals surface area contributed by atoms with Gasteiger partial charge in [-0.2, -0.15) is 5.06 Å². The molecular formula is C7H16N2O. The van der Waals surface area contributed by atoms with E-state index in [1.807, 2.05) is 18.9 Å². The van der Waals surface area contributed by atoms with Crippen LogP contribution in [0.4, 0.5) is 0 Å². The van der Waals surface area contributed by atoms with Crippen LogP contribution in [-0.4, -0.2) is 30.3 Å². The third-order valence-electron chi connectivity index (χ3n) is 1.55. The van der Waals surface area contributed by atoms with Gasteiger partial charge in [0.15, 0.2) is 0 Å². The Morgan fingerprint density at radius 3 is 2.70 bits per heavy atom. The first kappa shape index (κ1) is 7.98. The molecule has 3 heteroatoms. The van der Waals surface area contributed by atoms with Crippen molar-refractivity contribution >= 4 is 0 Å². The summed E-state index contributed by atoms with van der Waals surface area (Å²) in [6.07, 6.45) is 1.34. The van der Waals surface area contributed by atoms with Gasteiger partial charge in [-0.15, -0.1) is 0 Å². The Bertz CT molecular complexity index is 106. The predicted octanol–water partition coefficient (Wildman–Crippen LogP) is 0.359. The van der Waals surface area contributed by atoms with Crippen molar-refractivity contribution in [1.29, 1.82) is 0 Å². The van der Waals surface area contributed by atoms with Gasteiger partial charge < -0.3 is 5.73 Å². The topological polar surface area (TPSA) is 38.5 Å². The van der Waals surface area contributed by atoms with Crippen LogP contribution in [0.25, 0.3) is 0 Å². The van der Waals surface area contributed by atoms with E-state index >= 15 is 0 Å². The lowest BCUT2D eigenvalue weighted by atomic mass is 10.3. The van der Waals surface area contributed by atoms with Crippen molar-refractivity contribution in [3.63, 3.8) is 0 Å². The molecule has 1 fully saturated rings. The fourth-order valence-electron chi connectivity index (χ4n) is 1.15. The first-order chi connectivity index (χ1) is 4.68. The fraction of sp³-hybridized carbons (Fsp3) is 1.00. The maximum atomic E-state index is 5.68. The van der Waals surface area contributed by atoms with Crippen molar-refractivity contribution in [3.8, 4) is 0 Å². The van der Waals surface area contributed by atoms with E-state index in [0.29, 0.717) is 6.04 Å². The molecule has 0 amide bonds. The minimum atomic E-state index is 0.283. The number of rotatable bonds is 2. The Kier molecular flexibility index (Phi) is 2.65. The van der Waals surface area contributed by atoms with Crippen LogP contribution < -0.4 is 5.73 Å². The number of hydrogen-bond donors (Lipinski definition) is 1. The van der Waals surface area contributed by atoms with Crippen LogP contribution in [0.1, 0.15) is 20.3 Å². The molecule has 0 radical (unpaired) electrons. The predicted molar refractivity (Wildman–Crippen MR) is 40.4 cm³/mol. The Hall–Kier alpha value is -0.120. The van der Waals surface area contributed by atoms with Crippen LogP contribution in [0.5, 0.6) is 0 Å². The van der Waals surface area contributed by atoms with E-state index in [0.717, 1.165) is 19.5 Å². The zero-order valence-electron chi connectivity index (χ0n) is 6.71. The van der Waals surface area contributed by atoms with Crippen molar-refractivity contribution in [3.05, 3.63) is 0 Å². The first-order valence-corrected chi connectivity index (χ1v) is 3.86. The quantitative estimate of drug-likeness (QED) is 0.608. The highest BCUT2D eigenvalue weighted by Gasteiger charge is 2.19. The molecule has 60 valence electrons. The van der Waals surface area contributed by atoms with Gasteiger partial charge in [-0.05, 0) is 20.3 Å². The van der Waals surface area contributed by atoms with Gasteiger partial charge in [0.2, 0.25) is 0 Å². The first-order valence-electron chi connectivity index (χ1n) is 3.86. The van der Waals surface area contributed by atoms with Crippen molar-refractivity contribution in [2.24, 2.45) is 5.73 Å². The molecule has 1 unspecified atom stereocenters. The Morgan fingerprint density at radius 1 is 1.60 bits per heavy atom. The minimum Gasteiger partial charge on any atom is -0.326 e. The molecule has 0 bridgehead atoms. The summed E-state index contributed by atoms with van der Waals surface area (Å²) < 4.78 is 0. The van der Waals surface area contributed by atoms with Crippen LogP contribution >= 0.6 is 0 Å². The van der Waals surface area contributed by atoms with Crippen LogP contribution in [0.3, 0.4) is 0 Å². The van der Waals surface area contributed by atoms with Crippen molar-refractivity contribution in [2.45, 2.75) is 32.4 Å². The highest BCUT2D eigenvalue weighted by molar-refractivity contribution is 4.72. The number of hydrogen-bond acceptors (Lipinski definition) is 3. The maximum absolute atomic E-state index is 5.68. The molecule has 1 aliphatic rings. The summed E-state index contributed by atoms with van der Waals surface area (Å²) in [5.74, 6) is 0. The summed E-state index contributed by atoms with van der Waals surface area (Å²) >= 11 is 0. The second-order valence-electron chi connectivity index (χ2n) is 3.09. The van der Waals surface area contributed by atoms with Gasteiger partial charge in [-0.3, -0.25) is 4.84 Å². The molecule has 0 aliphatic carbocycles. The van der Waals surface area contributed by atoms with E-state index in [2.05, 4.69) is 0 Å².